The van der Waals surface area contributed by atoms with E-state index in [1.54, 1.807) is 0 Å². The topological polar surface area (TPSA) is 12.0 Å². The van der Waals surface area contributed by atoms with Crippen LogP contribution in [0.2, 0.25) is 0 Å². The van der Waals surface area contributed by atoms with Gasteiger partial charge in [-0.15, -0.1) is 0 Å². The van der Waals surface area contributed by atoms with E-state index in [2.05, 4.69) is 44.3 Å². The van der Waals surface area contributed by atoms with Gasteiger partial charge >= 0.3 is 0 Å². The monoisotopic (exact) mass is 155 g/mol. The summed E-state index contributed by atoms with van der Waals surface area (Å²) in [5.41, 5.74) is 1.21. The number of rotatable bonds is 4. The Kier molecular flexibility index (Phi) is 5.63. The summed E-state index contributed by atoms with van der Waals surface area (Å²) in [5, 5.41) is 3.14. The summed E-state index contributed by atoms with van der Waals surface area (Å²) in [7, 11) is 1.95. The Labute approximate surface area is 71.7 Å². The average Bonchev–Trinajstić information content (AvgIpc) is 1.97. The number of nitrogens with one attached hydrogen (secondary N) is 1. The first-order valence-corrected chi connectivity index (χ1v) is 4.26. The van der Waals surface area contributed by atoms with Crippen LogP contribution >= 0.6 is 0 Å². The van der Waals surface area contributed by atoms with Crippen LogP contribution in [0.15, 0.2) is 23.9 Å². The Balaban J connectivity index is 0. The Morgan fingerprint density at radius 1 is 1.55 bits per heavy atom. The van der Waals surface area contributed by atoms with Crippen molar-refractivity contribution in [3.05, 3.63) is 23.9 Å². The summed E-state index contributed by atoms with van der Waals surface area (Å²) < 4.78 is 0. The first-order chi connectivity index (χ1) is 5.20. The molecule has 1 nitrogen and oxygen atoms in total. The lowest BCUT2D eigenvalue weighted by Crippen LogP contribution is -2.04. The van der Waals surface area contributed by atoms with Gasteiger partial charge in [-0.2, -0.15) is 0 Å². The van der Waals surface area contributed by atoms with Gasteiger partial charge in [-0.05, 0) is 18.4 Å². The fourth-order valence-electron chi connectivity index (χ4n) is 0.826. The Morgan fingerprint density at radius 3 is 2.55 bits per heavy atom. The summed E-state index contributed by atoms with van der Waals surface area (Å²) in [6.45, 7) is 6.49. The minimum absolute atomic E-state index is 0. The van der Waals surface area contributed by atoms with E-state index in [4.69, 9.17) is 0 Å². The van der Waals surface area contributed by atoms with Gasteiger partial charge in [0.1, 0.15) is 0 Å². The van der Waals surface area contributed by atoms with Gasteiger partial charge in [0.05, 0.1) is 0 Å². The lowest BCUT2D eigenvalue weighted by molar-refractivity contribution is 0.810. The van der Waals surface area contributed by atoms with E-state index in [1.165, 1.54) is 5.70 Å². The van der Waals surface area contributed by atoms with Crippen molar-refractivity contribution in [3.63, 3.8) is 0 Å². The first-order valence-electron chi connectivity index (χ1n) is 4.26. The molecule has 0 bridgehead atoms. The molecule has 0 aromatic carbocycles. The van der Waals surface area contributed by atoms with E-state index in [0.29, 0.717) is 5.92 Å². The third-order valence-corrected chi connectivity index (χ3v) is 1.33. The summed E-state index contributed by atoms with van der Waals surface area (Å²) in [6.07, 6.45) is 7.59. The molecule has 0 saturated carbocycles. The second-order valence-corrected chi connectivity index (χ2v) is 2.93. The van der Waals surface area contributed by atoms with Crippen molar-refractivity contribution in [1.82, 2.24) is 5.32 Å². The molecule has 0 aliphatic heterocycles. The van der Waals surface area contributed by atoms with Crippen LogP contribution in [0.3, 0.4) is 0 Å². The number of allylic oxidation sites excluding steroid dienone is 3. The number of hydrogen-bond donors (Lipinski definition) is 1. The van der Waals surface area contributed by atoms with Crippen LogP contribution < -0.4 is 5.32 Å². The average molecular weight is 155 g/mol. The quantitative estimate of drug-likeness (QED) is 0.615. The second-order valence-electron chi connectivity index (χ2n) is 2.93. The molecule has 0 unspecified atom stereocenters. The van der Waals surface area contributed by atoms with Crippen LogP contribution in [0.25, 0.3) is 0 Å². The fourth-order valence-corrected chi connectivity index (χ4v) is 0.826. The Bertz CT molecular complexity index is 148. The van der Waals surface area contributed by atoms with Crippen molar-refractivity contribution in [1.29, 1.82) is 0 Å². The lowest BCUT2D eigenvalue weighted by atomic mass is 10.2. The maximum atomic E-state index is 3.14. The van der Waals surface area contributed by atoms with Crippen LogP contribution in [0.1, 0.15) is 28.6 Å². The standard InChI is InChI=1S/C10H19N.H2/c1-5-6-7-10(11-4)8-9(2)3;/h6-9,11H,5H2,1-4H3;1H/b7-6-,10-8+;. The Hall–Kier alpha value is -0.720. The second kappa shape index (κ2) is 6.02. The maximum Gasteiger partial charge on any atom is 0.0296 e. The van der Waals surface area contributed by atoms with Crippen LogP contribution in [0.4, 0.5) is 0 Å². The van der Waals surface area contributed by atoms with Crippen molar-refractivity contribution in [2.24, 2.45) is 5.92 Å². The van der Waals surface area contributed by atoms with E-state index in [-0.39, 0.29) is 1.43 Å². The SMILES string of the molecule is CC/C=C\C(=C/C(C)C)NC.[HH]. The molecule has 0 fully saturated rings. The van der Waals surface area contributed by atoms with E-state index in [0.717, 1.165) is 6.42 Å². The van der Waals surface area contributed by atoms with Crippen molar-refractivity contribution in [2.75, 3.05) is 7.05 Å². The first kappa shape index (κ1) is 10.3. The molecule has 0 amide bonds. The van der Waals surface area contributed by atoms with Crippen LogP contribution in [0, 0.1) is 5.92 Å². The molecule has 0 aliphatic carbocycles. The van der Waals surface area contributed by atoms with Crippen molar-refractivity contribution in [2.45, 2.75) is 27.2 Å². The predicted molar refractivity (Wildman–Crippen MR) is 53.5 cm³/mol. The van der Waals surface area contributed by atoms with Gasteiger partial charge in [-0.1, -0.05) is 32.9 Å². The molecule has 0 aromatic rings. The molecule has 66 valence electrons. The van der Waals surface area contributed by atoms with Gasteiger partial charge in [-0.25, -0.2) is 0 Å². The molecule has 0 atom stereocenters. The minimum Gasteiger partial charge on any atom is -0.388 e. The maximum absolute atomic E-state index is 3.14. The molecule has 0 rings (SSSR count). The highest BCUT2D eigenvalue weighted by Gasteiger charge is 1.89. The van der Waals surface area contributed by atoms with E-state index in [1.807, 2.05) is 7.05 Å². The summed E-state index contributed by atoms with van der Waals surface area (Å²) in [4.78, 5) is 0. The van der Waals surface area contributed by atoms with Crippen molar-refractivity contribution in [3.8, 4) is 0 Å². The van der Waals surface area contributed by atoms with Gasteiger partial charge in [0.15, 0.2) is 0 Å². The Morgan fingerprint density at radius 2 is 2.18 bits per heavy atom. The van der Waals surface area contributed by atoms with Gasteiger partial charge < -0.3 is 5.32 Å². The van der Waals surface area contributed by atoms with Gasteiger partial charge in [-0.3, -0.25) is 0 Å². The largest absolute Gasteiger partial charge is 0.388 e. The van der Waals surface area contributed by atoms with E-state index >= 15 is 0 Å². The molecule has 0 spiro atoms. The molecule has 0 aromatic heterocycles. The normalized spacial score (nSPS) is 13.0. The molecular weight excluding hydrogens is 134 g/mol. The highest BCUT2D eigenvalue weighted by atomic mass is 14.8. The van der Waals surface area contributed by atoms with Gasteiger partial charge in [0.2, 0.25) is 0 Å². The lowest BCUT2D eigenvalue weighted by Gasteiger charge is -2.02. The molecule has 0 aliphatic rings. The van der Waals surface area contributed by atoms with E-state index < -0.39 is 0 Å². The van der Waals surface area contributed by atoms with Crippen molar-refractivity contribution < 1.29 is 1.43 Å². The highest BCUT2D eigenvalue weighted by molar-refractivity contribution is 5.16. The van der Waals surface area contributed by atoms with Gasteiger partial charge in [0.25, 0.3) is 0 Å². The zero-order valence-electron chi connectivity index (χ0n) is 8.02. The summed E-state index contributed by atoms with van der Waals surface area (Å²) in [5.74, 6) is 0.610. The molecular formula is C10H21N. The predicted octanol–water partition coefficient (Wildman–Crippen LogP) is 2.96. The molecule has 1 heteroatoms. The summed E-state index contributed by atoms with van der Waals surface area (Å²) >= 11 is 0. The molecule has 0 radical (unpaired) electrons. The molecule has 11 heavy (non-hydrogen) atoms. The zero-order chi connectivity index (χ0) is 8.69. The van der Waals surface area contributed by atoms with Gasteiger partial charge in [0, 0.05) is 14.2 Å². The smallest absolute Gasteiger partial charge is 0.0296 e. The third-order valence-electron chi connectivity index (χ3n) is 1.33. The zero-order valence-corrected chi connectivity index (χ0v) is 8.02. The van der Waals surface area contributed by atoms with Crippen LogP contribution in [-0.4, -0.2) is 7.05 Å². The molecule has 1 N–H and O–H groups in total. The minimum atomic E-state index is 0. The fraction of sp³-hybridized carbons (Fsp3) is 0.600. The molecule has 0 saturated heterocycles. The highest BCUT2D eigenvalue weighted by Crippen LogP contribution is 2.00. The molecule has 0 heterocycles. The number of likely N-dealkylation sites (N-methyl/N-ethyl adjacent to an activating group) is 1. The van der Waals surface area contributed by atoms with Crippen LogP contribution in [0.5, 0.6) is 0 Å². The van der Waals surface area contributed by atoms with Crippen LogP contribution in [-0.2, 0) is 0 Å². The summed E-state index contributed by atoms with van der Waals surface area (Å²) in [6, 6.07) is 0. The van der Waals surface area contributed by atoms with Crippen molar-refractivity contribution >= 4 is 0 Å². The number of hydrogen-bond acceptors (Lipinski definition) is 1. The van der Waals surface area contributed by atoms with E-state index in [9.17, 15) is 0 Å². The third kappa shape index (κ3) is 5.71.